The number of carbonyl (C=O) groups is 1. The Morgan fingerprint density at radius 2 is 1.10 bits per heavy atom. The van der Waals surface area contributed by atoms with Gasteiger partial charge in [0, 0.05) is 17.8 Å². The standard InChI is InChI=1S/C42H52N4O5/c1-2-3-16-48-37-23-34(24-38(28-37)49-17-6-13-43)32-20-33(35-25-39(50-18-7-14-44)29-40(26-35)51-19-8-15-45)22-36(21-32)46-42(47)27-31-12-11-30-9-4-5-10-41(30)31/h4-5,9-10,12,20-26,28-29H,2-3,6-8,11,13-19,27,43-45H2,1H3,(H,46,47). The number of unbranched alkanes of at least 4 members (excludes halogenated alkanes) is 1. The number of carbonyl (C=O) groups excluding carboxylic acids is 1. The third-order valence-electron chi connectivity index (χ3n) is 8.54. The number of nitrogens with two attached hydrogens (primary N) is 3. The minimum Gasteiger partial charge on any atom is -0.493 e. The average molecular weight is 693 g/mol. The zero-order valence-electron chi connectivity index (χ0n) is 29.8. The van der Waals surface area contributed by atoms with E-state index in [9.17, 15) is 4.79 Å². The van der Waals surface area contributed by atoms with Crippen molar-refractivity contribution in [3.63, 3.8) is 0 Å². The molecule has 0 aromatic heterocycles. The molecule has 0 bridgehead atoms. The highest BCUT2D eigenvalue weighted by molar-refractivity contribution is 6.00. The van der Waals surface area contributed by atoms with Crippen LogP contribution in [0.4, 0.5) is 5.69 Å². The molecule has 4 aromatic carbocycles. The Labute approximate surface area is 302 Å². The summed E-state index contributed by atoms with van der Waals surface area (Å²) >= 11 is 0. The average Bonchev–Trinajstić information content (AvgIpc) is 3.54. The number of anilines is 1. The molecule has 9 nitrogen and oxygen atoms in total. The molecule has 1 aliphatic rings. The van der Waals surface area contributed by atoms with Crippen molar-refractivity contribution in [1.82, 2.24) is 0 Å². The van der Waals surface area contributed by atoms with Crippen LogP contribution in [0.1, 0.15) is 56.6 Å². The number of hydrogen-bond donors (Lipinski definition) is 4. The molecule has 270 valence electrons. The van der Waals surface area contributed by atoms with Crippen molar-refractivity contribution in [3.05, 3.63) is 96.1 Å². The topological polar surface area (TPSA) is 144 Å². The molecule has 0 atom stereocenters. The van der Waals surface area contributed by atoms with Crippen LogP contribution in [-0.4, -0.2) is 52.0 Å². The van der Waals surface area contributed by atoms with Crippen LogP contribution in [0.15, 0.2) is 84.9 Å². The molecule has 4 aromatic rings. The normalized spacial score (nSPS) is 11.9. The van der Waals surface area contributed by atoms with Gasteiger partial charge in [-0.05, 0) is 133 Å². The fourth-order valence-electron chi connectivity index (χ4n) is 5.90. The van der Waals surface area contributed by atoms with E-state index in [-0.39, 0.29) is 12.3 Å². The number of hydrogen-bond acceptors (Lipinski definition) is 8. The van der Waals surface area contributed by atoms with Crippen molar-refractivity contribution < 1.29 is 23.7 Å². The molecule has 0 heterocycles. The third-order valence-corrected chi connectivity index (χ3v) is 8.54. The predicted molar refractivity (Wildman–Crippen MR) is 207 cm³/mol. The van der Waals surface area contributed by atoms with E-state index in [0.717, 1.165) is 77.7 Å². The molecule has 51 heavy (non-hydrogen) atoms. The minimum atomic E-state index is -0.0896. The Morgan fingerprint density at radius 3 is 1.59 bits per heavy atom. The van der Waals surface area contributed by atoms with Gasteiger partial charge in [0.2, 0.25) is 5.91 Å². The minimum absolute atomic E-state index is 0.0896. The Kier molecular flexibility index (Phi) is 14.3. The summed E-state index contributed by atoms with van der Waals surface area (Å²) in [5, 5.41) is 3.20. The van der Waals surface area contributed by atoms with E-state index in [1.165, 1.54) is 5.56 Å². The molecule has 9 heteroatoms. The van der Waals surface area contributed by atoms with E-state index in [2.05, 4.69) is 36.5 Å². The SMILES string of the molecule is CCCCOc1cc(OCCCN)cc(-c2cc(NC(=O)CC3=CCc4ccccc43)cc(-c3cc(OCCCN)cc(OCCCN)c3)c2)c1. The zero-order valence-corrected chi connectivity index (χ0v) is 29.8. The maximum absolute atomic E-state index is 13.6. The van der Waals surface area contributed by atoms with Gasteiger partial charge in [-0.3, -0.25) is 4.79 Å². The molecule has 0 aliphatic heterocycles. The van der Waals surface area contributed by atoms with Gasteiger partial charge in [-0.25, -0.2) is 0 Å². The summed E-state index contributed by atoms with van der Waals surface area (Å²) in [5.41, 5.74) is 24.8. The van der Waals surface area contributed by atoms with Crippen molar-refractivity contribution in [2.75, 3.05) is 51.4 Å². The molecular weight excluding hydrogens is 640 g/mol. The van der Waals surface area contributed by atoms with Crippen molar-refractivity contribution in [3.8, 4) is 45.3 Å². The van der Waals surface area contributed by atoms with Gasteiger partial charge < -0.3 is 41.5 Å². The number of ether oxygens (including phenoxy) is 4. The molecule has 0 spiro atoms. The van der Waals surface area contributed by atoms with Crippen LogP contribution in [-0.2, 0) is 11.2 Å². The number of amides is 1. The molecule has 0 radical (unpaired) electrons. The second kappa shape index (κ2) is 19.5. The highest BCUT2D eigenvalue weighted by atomic mass is 16.5. The smallest absolute Gasteiger partial charge is 0.228 e. The highest BCUT2D eigenvalue weighted by Crippen LogP contribution is 2.38. The van der Waals surface area contributed by atoms with Gasteiger partial charge in [-0.1, -0.05) is 43.7 Å². The second-order valence-corrected chi connectivity index (χ2v) is 12.7. The lowest BCUT2D eigenvalue weighted by molar-refractivity contribution is -0.115. The van der Waals surface area contributed by atoms with Crippen molar-refractivity contribution in [1.29, 1.82) is 0 Å². The van der Waals surface area contributed by atoms with E-state index >= 15 is 0 Å². The van der Waals surface area contributed by atoms with Crippen LogP contribution in [0.5, 0.6) is 23.0 Å². The Hall–Kier alpha value is -4.83. The van der Waals surface area contributed by atoms with E-state index in [4.69, 9.17) is 36.1 Å². The summed E-state index contributed by atoms with van der Waals surface area (Å²) in [6.07, 6.45) is 7.43. The van der Waals surface area contributed by atoms with Crippen LogP contribution in [0.25, 0.3) is 27.8 Å². The first-order valence-electron chi connectivity index (χ1n) is 18.1. The summed E-state index contributed by atoms with van der Waals surface area (Å²) < 4.78 is 24.4. The highest BCUT2D eigenvalue weighted by Gasteiger charge is 2.18. The summed E-state index contributed by atoms with van der Waals surface area (Å²) in [5.74, 6) is 2.67. The fraction of sp³-hybridized carbons (Fsp3) is 0.357. The first-order valence-corrected chi connectivity index (χ1v) is 18.1. The van der Waals surface area contributed by atoms with E-state index in [1.807, 2.05) is 60.7 Å². The van der Waals surface area contributed by atoms with Gasteiger partial charge in [0.15, 0.2) is 0 Å². The molecule has 7 N–H and O–H groups in total. The van der Waals surface area contributed by atoms with Gasteiger partial charge in [-0.15, -0.1) is 0 Å². The lowest BCUT2D eigenvalue weighted by Gasteiger charge is -2.16. The molecule has 5 rings (SSSR count). The maximum Gasteiger partial charge on any atom is 0.228 e. The molecular formula is C42H52N4O5. The monoisotopic (exact) mass is 692 g/mol. The lowest BCUT2D eigenvalue weighted by Crippen LogP contribution is -2.12. The van der Waals surface area contributed by atoms with Crippen molar-refractivity contribution >= 4 is 17.2 Å². The number of rotatable bonds is 21. The van der Waals surface area contributed by atoms with Crippen molar-refractivity contribution in [2.45, 2.75) is 51.9 Å². The quantitative estimate of drug-likeness (QED) is 0.0664. The molecule has 0 fully saturated rings. The Balaban J connectivity index is 1.54. The molecule has 0 saturated carbocycles. The van der Waals surface area contributed by atoms with Gasteiger partial charge in [0.25, 0.3) is 0 Å². The van der Waals surface area contributed by atoms with Crippen LogP contribution in [0, 0.1) is 0 Å². The number of fused-ring (bicyclic) bond motifs is 1. The van der Waals surface area contributed by atoms with Crippen LogP contribution >= 0.6 is 0 Å². The van der Waals surface area contributed by atoms with Crippen LogP contribution < -0.4 is 41.5 Å². The van der Waals surface area contributed by atoms with E-state index in [1.54, 1.807) is 0 Å². The van der Waals surface area contributed by atoms with Crippen molar-refractivity contribution in [2.24, 2.45) is 17.2 Å². The van der Waals surface area contributed by atoms with E-state index in [0.29, 0.717) is 69.0 Å². The summed E-state index contributed by atoms with van der Waals surface area (Å²) in [7, 11) is 0. The maximum atomic E-state index is 13.6. The Morgan fingerprint density at radius 1 is 0.627 bits per heavy atom. The predicted octanol–water partition coefficient (Wildman–Crippen LogP) is 7.35. The van der Waals surface area contributed by atoms with Crippen LogP contribution in [0.3, 0.4) is 0 Å². The van der Waals surface area contributed by atoms with Gasteiger partial charge in [0.05, 0.1) is 32.8 Å². The third kappa shape index (κ3) is 11.1. The second-order valence-electron chi connectivity index (χ2n) is 12.7. The first kappa shape index (κ1) is 37.4. The molecule has 1 amide bonds. The molecule has 0 unspecified atom stereocenters. The van der Waals surface area contributed by atoms with Gasteiger partial charge in [0.1, 0.15) is 23.0 Å². The number of allylic oxidation sites excluding steroid dienone is 1. The largest absolute Gasteiger partial charge is 0.493 e. The number of nitrogens with one attached hydrogen (secondary N) is 1. The zero-order chi connectivity index (χ0) is 35.8. The fourth-order valence-corrected chi connectivity index (χ4v) is 5.90. The van der Waals surface area contributed by atoms with Gasteiger partial charge in [-0.2, -0.15) is 0 Å². The summed E-state index contributed by atoms with van der Waals surface area (Å²) in [6.45, 7) is 5.82. The lowest BCUT2D eigenvalue weighted by atomic mass is 9.97. The van der Waals surface area contributed by atoms with Crippen LogP contribution in [0.2, 0.25) is 0 Å². The number of benzene rings is 4. The molecule has 0 saturated heterocycles. The first-order chi connectivity index (χ1) is 25.0. The van der Waals surface area contributed by atoms with Gasteiger partial charge >= 0.3 is 0 Å². The summed E-state index contributed by atoms with van der Waals surface area (Å²) in [6, 6.07) is 26.1. The molecule has 1 aliphatic carbocycles. The van der Waals surface area contributed by atoms with E-state index < -0.39 is 0 Å². The Bertz CT molecular complexity index is 1630. The summed E-state index contributed by atoms with van der Waals surface area (Å²) in [4.78, 5) is 13.6.